The molecule has 1 saturated carbocycles. The van der Waals surface area contributed by atoms with E-state index in [0.29, 0.717) is 30.6 Å². The van der Waals surface area contributed by atoms with Crippen LogP contribution in [-0.2, 0) is 9.53 Å². The lowest BCUT2D eigenvalue weighted by Gasteiger charge is -2.27. The van der Waals surface area contributed by atoms with Crippen molar-refractivity contribution in [3.05, 3.63) is 0 Å². The molecule has 0 amide bonds. The van der Waals surface area contributed by atoms with Crippen molar-refractivity contribution in [2.24, 2.45) is 17.8 Å². The van der Waals surface area contributed by atoms with Crippen molar-refractivity contribution in [3.8, 4) is 0 Å². The molecule has 1 unspecified atom stereocenters. The second-order valence-electron chi connectivity index (χ2n) is 5.36. The van der Waals surface area contributed by atoms with E-state index >= 15 is 0 Å². The van der Waals surface area contributed by atoms with Gasteiger partial charge in [-0.1, -0.05) is 20.3 Å². The Morgan fingerprint density at radius 3 is 2.44 bits per heavy atom. The molecule has 0 bridgehead atoms. The van der Waals surface area contributed by atoms with Crippen molar-refractivity contribution >= 4 is 5.78 Å². The second kappa shape index (κ2) is 7.05. The predicted molar refractivity (Wildman–Crippen MR) is 66.4 cm³/mol. The van der Waals surface area contributed by atoms with Crippen LogP contribution in [0.5, 0.6) is 0 Å². The molecule has 0 aromatic heterocycles. The summed E-state index contributed by atoms with van der Waals surface area (Å²) in [4.78, 5) is 12.0. The summed E-state index contributed by atoms with van der Waals surface area (Å²) in [5.41, 5.74) is 0. The molecule has 1 atom stereocenters. The number of hydrogen-bond acceptors (Lipinski definition) is 2. The third-order valence-electron chi connectivity index (χ3n) is 3.88. The Morgan fingerprint density at radius 2 is 1.94 bits per heavy atom. The second-order valence-corrected chi connectivity index (χ2v) is 5.36. The number of hydrogen-bond donors (Lipinski definition) is 0. The lowest BCUT2D eigenvalue weighted by Crippen LogP contribution is -2.24. The highest BCUT2D eigenvalue weighted by Gasteiger charge is 2.25. The van der Waals surface area contributed by atoms with Crippen molar-refractivity contribution in [1.82, 2.24) is 0 Å². The highest BCUT2D eigenvalue weighted by molar-refractivity contribution is 5.81. The van der Waals surface area contributed by atoms with Gasteiger partial charge in [-0.05, 0) is 37.5 Å². The largest absolute Gasteiger partial charge is 0.384 e. The average Bonchev–Trinajstić information content (AvgIpc) is 2.29. The Kier molecular flexibility index (Phi) is 6.04. The number of rotatable bonds is 6. The molecule has 0 aliphatic heterocycles. The van der Waals surface area contributed by atoms with E-state index in [0.717, 1.165) is 18.8 Å². The zero-order valence-electron chi connectivity index (χ0n) is 11.0. The van der Waals surface area contributed by atoms with Crippen molar-refractivity contribution in [2.75, 3.05) is 13.7 Å². The minimum Gasteiger partial charge on any atom is -0.384 e. The molecule has 1 fully saturated rings. The van der Waals surface area contributed by atoms with Gasteiger partial charge in [-0.3, -0.25) is 4.79 Å². The van der Waals surface area contributed by atoms with E-state index < -0.39 is 0 Å². The number of methoxy groups -OCH3 is 1. The van der Waals surface area contributed by atoms with Crippen LogP contribution in [0.4, 0.5) is 0 Å². The maximum absolute atomic E-state index is 12.0. The first-order valence-electron chi connectivity index (χ1n) is 6.69. The van der Waals surface area contributed by atoms with Gasteiger partial charge >= 0.3 is 0 Å². The number of Topliss-reactive ketones (excluding diaryl/α,β-unsaturated/α-hetero) is 1. The highest BCUT2D eigenvalue weighted by atomic mass is 16.5. The van der Waals surface area contributed by atoms with Gasteiger partial charge in [0, 0.05) is 26.1 Å². The molecule has 0 N–H and O–H groups in total. The molecule has 2 heteroatoms. The van der Waals surface area contributed by atoms with Crippen LogP contribution in [0.3, 0.4) is 0 Å². The monoisotopic (exact) mass is 226 g/mol. The van der Waals surface area contributed by atoms with E-state index in [2.05, 4.69) is 13.8 Å². The quantitative estimate of drug-likeness (QED) is 0.693. The average molecular weight is 226 g/mol. The maximum Gasteiger partial charge on any atom is 0.136 e. The molecule has 0 spiro atoms. The summed E-state index contributed by atoms with van der Waals surface area (Å²) in [7, 11) is 1.70. The normalized spacial score (nSPS) is 27.7. The molecule has 0 heterocycles. The summed E-state index contributed by atoms with van der Waals surface area (Å²) in [6, 6.07) is 0. The van der Waals surface area contributed by atoms with Crippen molar-refractivity contribution < 1.29 is 9.53 Å². The van der Waals surface area contributed by atoms with Crippen LogP contribution in [0.1, 0.15) is 52.4 Å². The van der Waals surface area contributed by atoms with Crippen LogP contribution in [0, 0.1) is 17.8 Å². The molecule has 1 aliphatic carbocycles. The van der Waals surface area contributed by atoms with Crippen molar-refractivity contribution in [3.63, 3.8) is 0 Å². The van der Waals surface area contributed by atoms with E-state index in [1.165, 1.54) is 19.3 Å². The summed E-state index contributed by atoms with van der Waals surface area (Å²) in [6.45, 7) is 5.06. The van der Waals surface area contributed by atoms with Gasteiger partial charge in [-0.15, -0.1) is 0 Å². The van der Waals surface area contributed by atoms with Gasteiger partial charge < -0.3 is 4.74 Å². The lowest BCUT2D eigenvalue weighted by atomic mass is 9.77. The van der Waals surface area contributed by atoms with Gasteiger partial charge in [-0.2, -0.15) is 0 Å². The molecule has 16 heavy (non-hydrogen) atoms. The number of carbonyl (C=O) groups excluding carboxylic acids is 1. The van der Waals surface area contributed by atoms with E-state index in [9.17, 15) is 4.79 Å². The molecular formula is C14H26O2. The molecular weight excluding hydrogens is 200 g/mol. The zero-order valence-corrected chi connectivity index (χ0v) is 11.0. The Labute approximate surface area is 99.8 Å². The molecule has 1 aliphatic rings. The standard InChI is InChI=1S/C14H26O2/c1-4-12-5-7-13(8-6-12)14(15)9-11(2)10-16-3/h11-13H,4-10H2,1-3H3. The first kappa shape index (κ1) is 13.7. The van der Waals surface area contributed by atoms with Gasteiger partial charge in [0.15, 0.2) is 0 Å². The van der Waals surface area contributed by atoms with Crippen LogP contribution in [0.15, 0.2) is 0 Å². The molecule has 0 radical (unpaired) electrons. The van der Waals surface area contributed by atoms with Crippen LogP contribution in [-0.4, -0.2) is 19.5 Å². The number of ketones is 1. The SMILES string of the molecule is CCC1CCC(C(=O)CC(C)COC)CC1. The number of carbonyl (C=O) groups is 1. The van der Waals surface area contributed by atoms with E-state index in [1.807, 2.05) is 0 Å². The Balaban J connectivity index is 2.27. The number of ether oxygens (including phenoxy) is 1. The summed E-state index contributed by atoms with van der Waals surface area (Å²) < 4.78 is 5.07. The van der Waals surface area contributed by atoms with Gasteiger partial charge in [0.05, 0.1) is 0 Å². The summed E-state index contributed by atoms with van der Waals surface area (Å²) in [6.07, 6.45) is 6.74. The van der Waals surface area contributed by atoms with Crippen LogP contribution >= 0.6 is 0 Å². The fourth-order valence-corrected chi connectivity index (χ4v) is 2.75. The van der Waals surface area contributed by atoms with Crippen LogP contribution in [0.2, 0.25) is 0 Å². The topological polar surface area (TPSA) is 26.3 Å². The fraction of sp³-hybridized carbons (Fsp3) is 0.929. The fourth-order valence-electron chi connectivity index (χ4n) is 2.75. The summed E-state index contributed by atoms with van der Waals surface area (Å²) in [5.74, 6) is 2.07. The summed E-state index contributed by atoms with van der Waals surface area (Å²) in [5, 5.41) is 0. The van der Waals surface area contributed by atoms with Crippen LogP contribution in [0.25, 0.3) is 0 Å². The molecule has 0 aromatic rings. The Bertz CT molecular complexity index is 205. The van der Waals surface area contributed by atoms with Crippen molar-refractivity contribution in [1.29, 1.82) is 0 Å². The van der Waals surface area contributed by atoms with Gasteiger partial charge in [0.25, 0.3) is 0 Å². The van der Waals surface area contributed by atoms with Crippen LogP contribution < -0.4 is 0 Å². The zero-order chi connectivity index (χ0) is 12.0. The molecule has 0 saturated heterocycles. The Morgan fingerprint density at radius 1 is 1.31 bits per heavy atom. The van der Waals surface area contributed by atoms with E-state index in [4.69, 9.17) is 4.74 Å². The summed E-state index contributed by atoms with van der Waals surface area (Å²) >= 11 is 0. The van der Waals surface area contributed by atoms with Crippen molar-refractivity contribution in [2.45, 2.75) is 52.4 Å². The predicted octanol–water partition coefficient (Wildman–Crippen LogP) is 3.44. The molecule has 1 rings (SSSR count). The molecule has 94 valence electrons. The smallest absolute Gasteiger partial charge is 0.136 e. The third-order valence-corrected chi connectivity index (χ3v) is 3.88. The lowest BCUT2D eigenvalue weighted by molar-refractivity contribution is -0.125. The minimum absolute atomic E-state index is 0.349. The first-order chi connectivity index (χ1) is 7.67. The minimum atomic E-state index is 0.349. The highest BCUT2D eigenvalue weighted by Crippen LogP contribution is 2.32. The third kappa shape index (κ3) is 4.25. The first-order valence-corrected chi connectivity index (χ1v) is 6.69. The molecule has 2 nitrogen and oxygen atoms in total. The van der Waals surface area contributed by atoms with E-state index in [1.54, 1.807) is 7.11 Å². The molecule has 0 aromatic carbocycles. The van der Waals surface area contributed by atoms with Gasteiger partial charge in [0.1, 0.15) is 5.78 Å². The maximum atomic E-state index is 12.0. The van der Waals surface area contributed by atoms with E-state index in [-0.39, 0.29) is 0 Å². The van der Waals surface area contributed by atoms with Gasteiger partial charge in [0.2, 0.25) is 0 Å². The Hall–Kier alpha value is -0.370. The van der Waals surface area contributed by atoms with Gasteiger partial charge in [-0.25, -0.2) is 0 Å².